The monoisotopic (exact) mass is 417 g/mol. The molecule has 8 heteroatoms. The van der Waals surface area contributed by atoms with Gasteiger partial charge in [0.1, 0.15) is 0 Å². The molecular formula is C23H23N5O3. The number of hydrogen-bond acceptors (Lipinski definition) is 6. The number of rotatable bonds is 5. The summed E-state index contributed by atoms with van der Waals surface area (Å²) in [6.45, 7) is 5.64. The number of carboxylic acids is 1. The minimum Gasteiger partial charge on any atom is -0.480 e. The number of hydrogen-bond donors (Lipinski definition) is 1. The molecule has 8 nitrogen and oxygen atoms in total. The zero-order chi connectivity index (χ0) is 21.5. The first-order valence-electron chi connectivity index (χ1n) is 10.4. The predicted molar refractivity (Wildman–Crippen MR) is 115 cm³/mol. The van der Waals surface area contributed by atoms with E-state index in [2.05, 4.69) is 35.2 Å². The average molecular weight is 417 g/mol. The van der Waals surface area contributed by atoms with Crippen molar-refractivity contribution in [2.45, 2.75) is 32.9 Å². The largest absolute Gasteiger partial charge is 0.480 e. The highest BCUT2D eigenvalue weighted by molar-refractivity contribution is 5.83. The number of aromatic nitrogens is 4. The van der Waals surface area contributed by atoms with Crippen LogP contribution in [0.2, 0.25) is 0 Å². The third-order valence-corrected chi connectivity index (χ3v) is 5.67. The lowest BCUT2D eigenvalue weighted by Crippen LogP contribution is -2.34. The molecule has 0 saturated heterocycles. The molecule has 5 rings (SSSR count). The summed E-state index contributed by atoms with van der Waals surface area (Å²) in [5.74, 6) is 0.220. The van der Waals surface area contributed by atoms with E-state index in [0.29, 0.717) is 24.3 Å². The molecule has 1 aliphatic rings. The van der Waals surface area contributed by atoms with Crippen molar-refractivity contribution >= 4 is 16.9 Å². The summed E-state index contributed by atoms with van der Waals surface area (Å²) in [4.78, 5) is 17.5. The van der Waals surface area contributed by atoms with E-state index in [9.17, 15) is 4.79 Å². The lowest BCUT2D eigenvalue weighted by molar-refractivity contribution is -0.138. The van der Waals surface area contributed by atoms with Crippen LogP contribution in [0.3, 0.4) is 0 Å². The quantitative estimate of drug-likeness (QED) is 0.528. The maximum Gasteiger partial charge on any atom is 0.317 e. The number of carboxylic acid groups (broad SMARTS) is 1. The molecule has 0 unspecified atom stereocenters. The Morgan fingerprint density at radius 3 is 2.81 bits per heavy atom. The Kier molecular flexibility index (Phi) is 4.78. The first-order valence-corrected chi connectivity index (χ1v) is 10.4. The second-order valence-corrected chi connectivity index (χ2v) is 8.22. The number of aliphatic carboxylic acids is 1. The van der Waals surface area contributed by atoms with Crippen LogP contribution in [0.1, 0.15) is 31.0 Å². The third-order valence-electron chi connectivity index (χ3n) is 5.67. The van der Waals surface area contributed by atoms with Gasteiger partial charge in [-0.1, -0.05) is 17.3 Å². The Morgan fingerprint density at radius 1 is 1.16 bits per heavy atom. The van der Waals surface area contributed by atoms with E-state index in [1.54, 1.807) is 0 Å². The van der Waals surface area contributed by atoms with E-state index >= 15 is 0 Å². The summed E-state index contributed by atoms with van der Waals surface area (Å²) in [6, 6.07) is 12.4. The SMILES string of the molecule is CC(C)n1ncc2cc(-c3nc(-c4ccc5c(c4)CCN(CC(=O)O)C5)no3)ccc21. The molecule has 0 amide bonds. The maximum atomic E-state index is 11.0. The first-order chi connectivity index (χ1) is 15.0. The molecule has 0 spiro atoms. The van der Waals surface area contributed by atoms with Gasteiger partial charge in [-0.25, -0.2) is 0 Å². The zero-order valence-electron chi connectivity index (χ0n) is 17.4. The minimum absolute atomic E-state index is 0.0653. The zero-order valence-corrected chi connectivity index (χ0v) is 17.4. The van der Waals surface area contributed by atoms with Crippen molar-refractivity contribution in [2.75, 3.05) is 13.1 Å². The number of benzene rings is 2. The van der Waals surface area contributed by atoms with Crippen LogP contribution in [0.25, 0.3) is 33.7 Å². The van der Waals surface area contributed by atoms with E-state index in [1.165, 1.54) is 5.56 Å². The Bertz CT molecular complexity index is 1270. The Labute approximate surface area is 179 Å². The molecule has 0 radical (unpaired) electrons. The van der Waals surface area contributed by atoms with Gasteiger partial charge in [0.15, 0.2) is 0 Å². The molecule has 2 aromatic carbocycles. The van der Waals surface area contributed by atoms with Gasteiger partial charge >= 0.3 is 5.97 Å². The molecular weight excluding hydrogens is 394 g/mol. The minimum atomic E-state index is -0.797. The van der Waals surface area contributed by atoms with Crippen molar-refractivity contribution in [1.29, 1.82) is 0 Å². The molecule has 0 fully saturated rings. The third kappa shape index (κ3) is 3.70. The summed E-state index contributed by atoms with van der Waals surface area (Å²) in [5, 5.41) is 18.7. The van der Waals surface area contributed by atoms with Crippen molar-refractivity contribution in [1.82, 2.24) is 24.8 Å². The normalized spacial score (nSPS) is 14.3. The van der Waals surface area contributed by atoms with Crippen LogP contribution in [-0.4, -0.2) is 49.0 Å². The van der Waals surface area contributed by atoms with Crippen LogP contribution in [-0.2, 0) is 17.8 Å². The molecule has 158 valence electrons. The predicted octanol–water partition coefficient (Wildman–Crippen LogP) is 3.78. The molecule has 0 atom stereocenters. The van der Waals surface area contributed by atoms with Crippen LogP contribution >= 0.6 is 0 Å². The summed E-state index contributed by atoms with van der Waals surface area (Å²) < 4.78 is 7.54. The van der Waals surface area contributed by atoms with Crippen molar-refractivity contribution in [3.8, 4) is 22.8 Å². The van der Waals surface area contributed by atoms with E-state index in [1.807, 2.05) is 46.1 Å². The molecule has 1 N–H and O–H groups in total. The molecule has 3 heterocycles. The number of fused-ring (bicyclic) bond motifs is 2. The van der Waals surface area contributed by atoms with Crippen LogP contribution in [0.4, 0.5) is 0 Å². The second kappa shape index (κ2) is 7.63. The maximum absolute atomic E-state index is 11.0. The van der Waals surface area contributed by atoms with Crippen LogP contribution in [0, 0.1) is 0 Å². The molecule has 0 saturated carbocycles. The van der Waals surface area contributed by atoms with Gasteiger partial charge < -0.3 is 9.63 Å². The van der Waals surface area contributed by atoms with Gasteiger partial charge in [-0.2, -0.15) is 10.1 Å². The van der Waals surface area contributed by atoms with E-state index in [0.717, 1.165) is 40.6 Å². The average Bonchev–Trinajstić information content (AvgIpc) is 3.40. The smallest absolute Gasteiger partial charge is 0.317 e. The summed E-state index contributed by atoms with van der Waals surface area (Å²) in [7, 11) is 0. The van der Waals surface area contributed by atoms with Crippen molar-refractivity contribution in [2.24, 2.45) is 0 Å². The lowest BCUT2D eigenvalue weighted by atomic mass is 9.97. The highest BCUT2D eigenvalue weighted by atomic mass is 16.5. The topological polar surface area (TPSA) is 97.3 Å². The molecule has 31 heavy (non-hydrogen) atoms. The first kappa shape index (κ1) is 19.4. The van der Waals surface area contributed by atoms with E-state index in [-0.39, 0.29) is 6.54 Å². The molecule has 0 bridgehead atoms. The Morgan fingerprint density at radius 2 is 2.00 bits per heavy atom. The van der Waals surface area contributed by atoms with Gasteiger partial charge in [-0.3, -0.25) is 14.4 Å². The van der Waals surface area contributed by atoms with Gasteiger partial charge in [0, 0.05) is 35.6 Å². The van der Waals surface area contributed by atoms with Gasteiger partial charge in [-0.05, 0) is 55.7 Å². The highest BCUT2D eigenvalue weighted by Crippen LogP contribution is 2.28. The van der Waals surface area contributed by atoms with Crippen molar-refractivity contribution in [3.05, 3.63) is 53.7 Å². The number of nitrogens with zero attached hydrogens (tertiary/aromatic N) is 5. The second-order valence-electron chi connectivity index (χ2n) is 8.22. The molecule has 4 aromatic rings. The van der Waals surface area contributed by atoms with Gasteiger partial charge in [-0.15, -0.1) is 0 Å². The Balaban J connectivity index is 1.40. The number of carbonyl (C=O) groups is 1. The fraction of sp³-hybridized carbons (Fsp3) is 0.304. The standard InChI is InChI=1S/C23H23N5O3/c1-14(2)28-20-6-5-17(10-19(20)11-24-28)23-25-22(26-31-23)16-3-4-18-12-27(13-21(29)30)8-7-15(18)9-16/h3-6,9-11,14H,7-8,12-13H2,1-2H3,(H,29,30). The van der Waals surface area contributed by atoms with Gasteiger partial charge in [0.05, 0.1) is 18.3 Å². The molecule has 2 aromatic heterocycles. The molecule has 0 aliphatic carbocycles. The van der Waals surface area contributed by atoms with E-state index in [4.69, 9.17) is 9.63 Å². The van der Waals surface area contributed by atoms with Crippen LogP contribution < -0.4 is 0 Å². The Hall–Kier alpha value is -3.52. The summed E-state index contributed by atoms with van der Waals surface area (Å²) in [5.41, 5.74) is 5.18. The summed E-state index contributed by atoms with van der Waals surface area (Å²) >= 11 is 0. The fourth-order valence-electron chi connectivity index (χ4n) is 4.13. The molecule has 1 aliphatic heterocycles. The lowest BCUT2D eigenvalue weighted by Gasteiger charge is -2.27. The summed E-state index contributed by atoms with van der Waals surface area (Å²) in [6.07, 6.45) is 2.66. The van der Waals surface area contributed by atoms with Crippen LogP contribution in [0.5, 0.6) is 0 Å². The van der Waals surface area contributed by atoms with Crippen molar-refractivity contribution in [3.63, 3.8) is 0 Å². The highest BCUT2D eigenvalue weighted by Gasteiger charge is 2.20. The van der Waals surface area contributed by atoms with Gasteiger partial charge in [0.25, 0.3) is 5.89 Å². The van der Waals surface area contributed by atoms with Crippen LogP contribution in [0.15, 0.2) is 47.1 Å². The van der Waals surface area contributed by atoms with Gasteiger partial charge in [0.2, 0.25) is 5.82 Å². The fourth-order valence-corrected chi connectivity index (χ4v) is 4.13. The van der Waals surface area contributed by atoms with Crippen molar-refractivity contribution < 1.29 is 14.4 Å². The van der Waals surface area contributed by atoms with E-state index < -0.39 is 5.97 Å².